The summed E-state index contributed by atoms with van der Waals surface area (Å²) in [4.78, 5) is 0.0148. The molecule has 5 nitrogen and oxygen atoms in total. The maximum Gasteiger partial charge on any atom is 0.243 e. The number of methoxy groups -OCH3 is 1. The average Bonchev–Trinajstić information content (AvgIpc) is 2.91. The van der Waals surface area contributed by atoms with Gasteiger partial charge in [0.15, 0.2) is 0 Å². The fourth-order valence-electron chi connectivity index (χ4n) is 2.62. The van der Waals surface area contributed by atoms with Gasteiger partial charge in [0.25, 0.3) is 0 Å². The summed E-state index contributed by atoms with van der Waals surface area (Å²) in [6, 6.07) is 2.75. The Morgan fingerprint density at radius 3 is 2.81 bits per heavy atom. The lowest BCUT2D eigenvalue weighted by Crippen LogP contribution is -2.30. The fourth-order valence-corrected chi connectivity index (χ4v) is 4.43. The van der Waals surface area contributed by atoms with Crippen molar-refractivity contribution in [3.63, 3.8) is 0 Å². The van der Waals surface area contributed by atoms with Gasteiger partial charge in [0.05, 0.1) is 11.5 Å². The standard InChI is InChI=1S/C14H21FN2O3S/c1-10-13(15)5-12(7-16)6-14(10)21(18,19)17-4-3-11(8-17)9-20-2/h5-6,11H,3-4,7-9,16H2,1-2H3. The molecule has 1 heterocycles. The van der Waals surface area contributed by atoms with E-state index in [0.717, 1.165) is 6.42 Å². The minimum absolute atomic E-state index is 0.0148. The first-order valence-electron chi connectivity index (χ1n) is 6.88. The molecule has 2 N–H and O–H groups in total. The first-order chi connectivity index (χ1) is 9.90. The summed E-state index contributed by atoms with van der Waals surface area (Å²) in [6.07, 6.45) is 0.755. The van der Waals surface area contributed by atoms with Crippen molar-refractivity contribution >= 4 is 10.0 Å². The Morgan fingerprint density at radius 2 is 2.19 bits per heavy atom. The Bertz CT molecular complexity index is 619. The molecule has 0 spiro atoms. The minimum atomic E-state index is -3.69. The monoisotopic (exact) mass is 316 g/mol. The van der Waals surface area contributed by atoms with Gasteiger partial charge in [-0.2, -0.15) is 4.31 Å². The second kappa shape index (κ2) is 6.39. The average molecular weight is 316 g/mol. The molecule has 1 fully saturated rings. The van der Waals surface area contributed by atoms with Crippen molar-refractivity contribution in [1.29, 1.82) is 0 Å². The normalized spacial score (nSPS) is 20.1. The van der Waals surface area contributed by atoms with Crippen molar-refractivity contribution in [2.24, 2.45) is 11.7 Å². The molecule has 7 heteroatoms. The molecule has 1 aliphatic rings. The summed E-state index contributed by atoms with van der Waals surface area (Å²) in [5, 5.41) is 0. The van der Waals surface area contributed by atoms with Crippen molar-refractivity contribution in [1.82, 2.24) is 4.31 Å². The quantitative estimate of drug-likeness (QED) is 0.887. The lowest BCUT2D eigenvalue weighted by molar-refractivity contribution is 0.157. The van der Waals surface area contributed by atoms with Crippen LogP contribution in [0.2, 0.25) is 0 Å². The van der Waals surface area contributed by atoms with Crippen LogP contribution in [0.5, 0.6) is 0 Å². The lowest BCUT2D eigenvalue weighted by atomic mass is 10.1. The summed E-state index contributed by atoms with van der Waals surface area (Å²) in [6.45, 7) is 2.95. The molecule has 2 rings (SSSR count). The Hall–Kier alpha value is -1.02. The van der Waals surface area contributed by atoms with Crippen LogP contribution in [0.1, 0.15) is 17.5 Å². The summed E-state index contributed by atoms with van der Waals surface area (Å²) in [7, 11) is -2.09. The largest absolute Gasteiger partial charge is 0.384 e. The van der Waals surface area contributed by atoms with Crippen molar-refractivity contribution in [3.8, 4) is 0 Å². The molecule has 1 unspecified atom stereocenters. The van der Waals surface area contributed by atoms with Gasteiger partial charge in [0.2, 0.25) is 10.0 Å². The Balaban J connectivity index is 2.34. The number of hydrogen-bond acceptors (Lipinski definition) is 4. The molecule has 1 aromatic rings. The molecule has 118 valence electrons. The van der Waals surface area contributed by atoms with Crippen LogP contribution in [-0.4, -0.2) is 39.5 Å². The number of halogens is 1. The molecule has 0 aromatic heterocycles. The number of nitrogens with two attached hydrogens (primary N) is 1. The molecule has 0 radical (unpaired) electrons. The minimum Gasteiger partial charge on any atom is -0.384 e. The van der Waals surface area contributed by atoms with Gasteiger partial charge in [-0.1, -0.05) is 0 Å². The number of hydrogen-bond donors (Lipinski definition) is 1. The van der Waals surface area contributed by atoms with Gasteiger partial charge >= 0.3 is 0 Å². The third kappa shape index (κ3) is 3.26. The van der Waals surface area contributed by atoms with Gasteiger partial charge < -0.3 is 10.5 Å². The van der Waals surface area contributed by atoms with Crippen molar-refractivity contribution in [2.75, 3.05) is 26.8 Å². The van der Waals surface area contributed by atoms with E-state index >= 15 is 0 Å². The van der Waals surface area contributed by atoms with E-state index in [9.17, 15) is 12.8 Å². The van der Waals surface area contributed by atoms with Crippen LogP contribution in [-0.2, 0) is 21.3 Å². The van der Waals surface area contributed by atoms with Crippen LogP contribution < -0.4 is 5.73 Å². The molecule has 0 saturated carbocycles. The zero-order valence-electron chi connectivity index (χ0n) is 12.3. The molecule has 0 amide bonds. The van der Waals surface area contributed by atoms with E-state index in [-0.39, 0.29) is 22.9 Å². The third-order valence-electron chi connectivity index (χ3n) is 3.86. The van der Waals surface area contributed by atoms with E-state index in [0.29, 0.717) is 25.3 Å². The Labute approximate surface area is 124 Å². The zero-order chi connectivity index (χ0) is 15.6. The van der Waals surface area contributed by atoms with E-state index in [1.807, 2.05) is 0 Å². The van der Waals surface area contributed by atoms with Gasteiger partial charge in [-0.15, -0.1) is 0 Å². The van der Waals surface area contributed by atoms with Crippen molar-refractivity contribution in [3.05, 3.63) is 29.1 Å². The smallest absolute Gasteiger partial charge is 0.243 e. The maximum atomic E-state index is 13.9. The van der Waals surface area contributed by atoms with Crippen LogP contribution in [0, 0.1) is 18.7 Å². The second-order valence-electron chi connectivity index (χ2n) is 5.38. The molecule has 0 bridgehead atoms. The summed E-state index contributed by atoms with van der Waals surface area (Å²) >= 11 is 0. The highest BCUT2D eigenvalue weighted by Gasteiger charge is 2.34. The maximum absolute atomic E-state index is 13.9. The van der Waals surface area contributed by atoms with Crippen LogP contribution >= 0.6 is 0 Å². The lowest BCUT2D eigenvalue weighted by Gasteiger charge is -2.19. The van der Waals surface area contributed by atoms with Crippen LogP contribution in [0.15, 0.2) is 17.0 Å². The highest BCUT2D eigenvalue weighted by Crippen LogP contribution is 2.28. The zero-order valence-corrected chi connectivity index (χ0v) is 13.1. The molecule has 1 saturated heterocycles. The second-order valence-corrected chi connectivity index (χ2v) is 7.28. The van der Waals surface area contributed by atoms with Crippen LogP contribution in [0.3, 0.4) is 0 Å². The van der Waals surface area contributed by atoms with E-state index in [1.54, 1.807) is 7.11 Å². The van der Waals surface area contributed by atoms with Gasteiger partial charge in [0.1, 0.15) is 5.82 Å². The first kappa shape index (κ1) is 16.4. The number of rotatable bonds is 5. The van der Waals surface area contributed by atoms with Crippen LogP contribution in [0.4, 0.5) is 4.39 Å². The van der Waals surface area contributed by atoms with Gasteiger partial charge in [-0.05, 0) is 37.0 Å². The molecule has 1 aliphatic heterocycles. The highest BCUT2D eigenvalue weighted by atomic mass is 32.2. The highest BCUT2D eigenvalue weighted by molar-refractivity contribution is 7.89. The van der Waals surface area contributed by atoms with Crippen molar-refractivity contribution in [2.45, 2.75) is 24.8 Å². The van der Waals surface area contributed by atoms with E-state index in [1.165, 1.54) is 23.4 Å². The van der Waals surface area contributed by atoms with Gasteiger partial charge in [-0.25, -0.2) is 12.8 Å². The summed E-state index contributed by atoms with van der Waals surface area (Å²) in [5.74, 6) is -0.350. The Morgan fingerprint density at radius 1 is 1.48 bits per heavy atom. The number of nitrogens with zero attached hydrogens (tertiary/aromatic N) is 1. The molecular formula is C14H21FN2O3S. The van der Waals surface area contributed by atoms with E-state index < -0.39 is 15.8 Å². The predicted octanol–water partition coefficient (Wildman–Crippen LogP) is 1.25. The summed E-state index contributed by atoms with van der Waals surface area (Å²) in [5.41, 5.74) is 6.12. The Kier molecular flexibility index (Phi) is 4.98. The van der Waals surface area contributed by atoms with Gasteiger partial charge in [-0.3, -0.25) is 0 Å². The predicted molar refractivity (Wildman–Crippen MR) is 77.8 cm³/mol. The third-order valence-corrected chi connectivity index (χ3v) is 5.85. The first-order valence-corrected chi connectivity index (χ1v) is 8.32. The molecule has 21 heavy (non-hydrogen) atoms. The van der Waals surface area contributed by atoms with Crippen LogP contribution in [0.25, 0.3) is 0 Å². The van der Waals surface area contributed by atoms with Crippen molar-refractivity contribution < 1.29 is 17.5 Å². The number of sulfonamides is 1. The number of benzene rings is 1. The van der Waals surface area contributed by atoms with E-state index in [4.69, 9.17) is 10.5 Å². The SMILES string of the molecule is COCC1CCN(S(=O)(=O)c2cc(CN)cc(F)c2C)C1. The molecule has 1 aromatic carbocycles. The van der Waals surface area contributed by atoms with E-state index in [2.05, 4.69) is 0 Å². The molecular weight excluding hydrogens is 295 g/mol. The summed E-state index contributed by atoms with van der Waals surface area (Å²) < 4.78 is 45.8. The molecule has 1 atom stereocenters. The van der Waals surface area contributed by atoms with Gasteiger partial charge in [0, 0.05) is 32.3 Å². The molecule has 0 aliphatic carbocycles. The topological polar surface area (TPSA) is 72.6 Å². The number of ether oxygens (including phenoxy) is 1. The fraction of sp³-hybridized carbons (Fsp3) is 0.571.